The second-order valence-electron chi connectivity index (χ2n) is 4.97. The van der Waals surface area contributed by atoms with E-state index in [1.165, 1.54) is 0 Å². The van der Waals surface area contributed by atoms with Gasteiger partial charge in [0.15, 0.2) is 0 Å². The summed E-state index contributed by atoms with van der Waals surface area (Å²) in [4.78, 5) is 10.7. The van der Waals surface area contributed by atoms with Crippen molar-refractivity contribution in [3.05, 3.63) is 65.8 Å². The summed E-state index contributed by atoms with van der Waals surface area (Å²) in [5.41, 5.74) is 1.16. The maximum absolute atomic E-state index is 6.06. The van der Waals surface area contributed by atoms with Gasteiger partial charge in [0.2, 0.25) is 5.28 Å². The van der Waals surface area contributed by atoms with E-state index in [0.29, 0.717) is 6.54 Å². The molecule has 0 bridgehead atoms. The van der Waals surface area contributed by atoms with Gasteiger partial charge >= 0.3 is 0 Å². The normalized spacial score (nSPS) is 11.0. The summed E-state index contributed by atoms with van der Waals surface area (Å²) in [5.74, 6) is 1.56. The number of rotatable bonds is 4. The number of anilines is 1. The molecular weight excluding hydrogens is 330 g/mol. The van der Waals surface area contributed by atoms with Gasteiger partial charge in [-0.3, -0.25) is 0 Å². The van der Waals surface area contributed by atoms with Gasteiger partial charge in [-0.2, -0.15) is 0 Å². The van der Waals surface area contributed by atoms with Crippen LogP contribution in [0.3, 0.4) is 0 Å². The molecule has 0 saturated carbocycles. The number of aromatic nitrogens is 2. The molecule has 0 aliphatic heterocycles. The lowest BCUT2D eigenvalue weighted by atomic mass is 10.2. The van der Waals surface area contributed by atoms with Crippen LogP contribution in [0.1, 0.15) is 5.76 Å². The number of benzene rings is 1. The van der Waals surface area contributed by atoms with E-state index in [9.17, 15) is 0 Å². The average Bonchev–Trinajstić information content (AvgIpc) is 3.22. The molecule has 1 N–H and O–H groups in total. The second-order valence-corrected chi connectivity index (χ2v) is 6.34. The van der Waals surface area contributed by atoms with Crippen LogP contribution in [-0.2, 0) is 6.54 Å². The van der Waals surface area contributed by atoms with Crippen molar-refractivity contribution >= 4 is 39.0 Å². The molecule has 3 heterocycles. The summed E-state index contributed by atoms with van der Waals surface area (Å²) in [5, 5.41) is 4.47. The fraction of sp³-hybridized carbons (Fsp3) is 0.0588. The molecule has 114 valence electrons. The van der Waals surface area contributed by atoms with E-state index < -0.39 is 0 Å². The number of nitrogens with one attached hydrogen (secondary N) is 1. The summed E-state index contributed by atoms with van der Waals surface area (Å²) in [6.07, 6.45) is 1.65. The van der Waals surface area contributed by atoms with Crippen LogP contribution in [0.2, 0.25) is 5.28 Å². The van der Waals surface area contributed by atoms with E-state index in [2.05, 4.69) is 33.5 Å². The molecule has 0 spiro atoms. The number of thiophene rings is 1. The predicted molar refractivity (Wildman–Crippen MR) is 93.9 cm³/mol. The number of hydrogen-bond donors (Lipinski definition) is 1. The highest BCUT2D eigenvalue weighted by atomic mass is 35.5. The minimum atomic E-state index is 0.237. The highest BCUT2D eigenvalue weighted by Crippen LogP contribution is 2.36. The summed E-state index contributed by atoms with van der Waals surface area (Å²) in [7, 11) is 0. The first-order chi connectivity index (χ1) is 11.3. The van der Waals surface area contributed by atoms with Gasteiger partial charge in [-0.05, 0) is 35.4 Å². The number of hydrogen-bond acceptors (Lipinski definition) is 5. The Hall–Kier alpha value is -2.37. The van der Waals surface area contributed by atoms with Crippen LogP contribution in [0.5, 0.6) is 0 Å². The summed E-state index contributed by atoms with van der Waals surface area (Å²) >= 11 is 7.66. The van der Waals surface area contributed by atoms with Crippen molar-refractivity contribution in [3.63, 3.8) is 0 Å². The van der Waals surface area contributed by atoms with E-state index >= 15 is 0 Å². The zero-order chi connectivity index (χ0) is 15.6. The number of furan rings is 1. The molecule has 0 atom stereocenters. The lowest BCUT2D eigenvalue weighted by Crippen LogP contribution is -2.01. The van der Waals surface area contributed by atoms with Gasteiger partial charge in [0.25, 0.3) is 0 Å². The highest BCUT2D eigenvalue weighted by Gasteiger charge is 2.12. The van der Waals surface area contributed by atoms with Crippen molar-refractivity contribution in [1.29, 1.82) is 0 Å². The van der Waals surface area contributed by atoms with Crippen LogP contribution in [0.4, 0.5) is 5.82 Å². The van der Waals surface area contributed by atoms with Crippen molar-refractivity contribution in [1.82, 2.24) is 9.97 Å². The molecule has 4 rings (SSSR count). The monoisotopic (exact) mass is 341 g/mol. The van der Waals surface area contributed by atoms with Crippen molar-refractivity contribution in [3.8, 4) is 10.4 Å². The molecule has 1 aromatic carbocycles. The Balaban J connectivity index is 1.73. The SMILES string of the molecule is Clc1nc(NCc2ccco2)c2cc(-c3ccccc3)sc2n1. The Morgan fingerprint density at radius 3 is 2.74 bits per heavy atom. The zero-order valence-corrected chi connectivity index (χ0v) is 13.6. The van der Waals surface area contributed by atoms with E-state index in [1.807, 2.05) is 30.3 Å². The van der Waals surface area contributed by atoms with E-state index in [1.54, 1.807) is 17.6 Å². The first kappa shape index (κ1) is 14.2. The van der Waals surface area contributed by atoms with E-state index in [-0.39, 0.29) is 5.28 Å². The van der Waals surface area contributed by atoms with Gasteiger partial charge in [-0.15, -0.1) is 11.3 Å². The van der Waals surface area contributed by atoms with Crippen LogP contribution in [-0.4, -0.2) is 9.97 Å². The largest absolute Gasteiger partial charge is 0.467 e. The second kappa shape index (κ2) is 6.02. The topological polar surface area (TPSA) is 51.0 Å². The molecule has 0 fully saturated rings. The molecule has 0 amide bonds. The van der Waals surface area contributed by atoms with Gasteiger partial charge in [0.05, 0.1) is 18.2 Å². The van der Waals surface area contributed by atoms with Gasteiger partial charge in [0, 0.05) is 4.88 Å². The van der Waals surface area contributed by atoms with Crippen LogP contribution in [0.25, 0.3) is 20.7 Å². The molecule has 3 aromatic heterocycles. The van der Waals surface area contributed by atoms with Gasteiger partial charge in [-0.25, -0.2) is 9.97 Å². The molecule has 4 nitrogen and oxygen atoms in total. The maximum Gasteiger partial charge on any atom is 0.225 e. The minimum absolute atomic E-state index is 0.237. The fourth-order valence-electron chi connectivity index (χ4n) is 2.36. The first-order valence-corrected chi connectivity index (χ1v) is 8.28. The molecular formula is C17H12ClN3OS. The Kier molecular flexibility index (Phi) is 3.73. The minimum Gasteiger partial charge on any atom is -0.467 e. The molecule has 0 unspecified atom stereocenters. The van der Waals surface area contributed by atoms with Crippen molar-refractivity contribution in [2.45, 2.75) is 6.54 Å². The summed E-state index contributed by atoms with van der Waals surface area (Å²) in [6.45, 7) is 0.548. The first-order valence-electron chi connectivity index (χ1n) is 7.08. The van der Waals surface area contributed by atoms with Crippen LogP contribution >= 0.6 is 22.9 Å². The Labute approximate surface area is 141 Å². The van der Waals surface area contributed by atoms with Crippen LogP contribution < -0.4 is 5.32 Å². The maximum atomic E-state index is 6.06. The van der Waals surface area contributed by atoms with Crippen LogP contribution in [0, 0.1) is 0 Å². The third-order valence-electron chi connectivity index (χ3n) is 3.43. The van der Waals surface area contributed by atoms with Crippen molar-refractivity contribution in [2.24, 2.45) is 0 Å². The molecule has 4 aromatic rings. The Bertz CT molecular complexity index is 935. The molecule has 0 aliphatic carbocycles. The molecule has 0 saturated heterocycles. The quantitative estimate of drug-likeness (QED) is 0.517. The molecule has 0 radical (unpaired) electrons. The van der Waals surface area contributed by atoms with Gasteiger partial charge in [-0.1, -0.05) is 30.3 Å². The number of halogens is 1. The predicted octanol–water partition coefficient (Wildman–Crippen LogP) is 5.22. The smallest absolute Gasteiger partial charge is 0.225 e. The third-order valence-corrected chi connectivity index (χ3v) is 4.68. The fourth-order valence-corrected chi connectivity index (χ4v) is 3.61. The standard InChI is InChI=1S/C17H12ClN3OS/c18-17-20-15(19-10-12-7-4-8-22-12)13-9-14(23-16(13)21-17)11-5-2-1-3-6-11/h1-9H,10H2,(H,19,20,21). The van der Waals surface area contributed by atoms with Gasteiger partial charge < -0.3 is 9.73 Å². The average molecular weight is 342 g/mol. The lowest BCUT2D eigenvalue weighted by Gasteiger charge is -2.05. The highest BCUT2D eigenvalue weighted by molar-refractivity contribution is 7.22. The van der Waals surface area contributed by atoms with E-state index in [0.717, 1.165) is 32.2 Å². The number of fused-ring (bicyclic) bond motifs is 1. The summed E-state index contributed by atoms with van der Waals surface area (Å²) in [6, 6.07) is 16.1. The molecule has 23 heavy (non-hydrogen) atoms. The van der Waals surface area contributed by atoms with Crippen LogP contribution in [0.15, 0.2) is 59.2 Å². The van der Waals surface area contributed by atoms with Crippen molar-refractivity contribution in [2.75, 3.05) is 5.32 Å². The molecule has 6 heteroatoms. The zero-order valence-electron chi connectivity index (χ0n) is 12.0. The Morgan fingerprint density at radius 1 is 1.09 bits per heavy atom. The molecule has 0 aliphatic rings. The number of nitrogens with zero attached hydrogens (tertiary/aromatic N) is 2. The third kappa shape index (κ3) is 2.93. The lowest BCUT2D eigenvalue weighted by molar-refractivity contribution is 0.518. The van der Waals surface area contributed by atoms with E-state index in [4.69, 9.17) is 16.0 Å². The van der Waals surface area contributed by atoms with Crippen molar-refractivity contribution < 1.29 is 4.42 Å². The Morgan fingerprint density at radius 2 is 1.96 bits per heavy atom. The summed E-state index contributed by atoms with van der Waals surface area (Å²) < 4.78 is 5.34. The van der Waals surface area contributed by atoms with Gasteiger partial charge in [0.1, 0.15) is 16.4 Å².